The third-order valence-electron chi connectivity index (χ3n) is 2.17. The topological polar surface area (TPSA) is 24.9 Å². The van der Waals surface area contributed by atoms with Crippen LogP contribution in [0, 0.1) is 5.41 Å². The van der Waals surface area contributed by atoms with Crippen LogP contribution in [0.3, 0.4) is 0 Å². The Kier molecular flexibility index (Phi) is 4.75. The van der Waals surface area contributed by atoms with Crippen LogP contribution in [0.4, 0.5) is 5.13 Å². The molecule has 4 heteroatoms. The van der Waals surface area contributed by atoms with E-state index >= 15 is 0 Å². The first-order chi connectivity index (χ1) is 6.64. The Morgan fingerprint density at radius 1 is 1.57 bits per heavy atom. The molecule has 0 fully saturated rings. The van der Waals surface area contributed by atoms with Gasteiger partial charge in [-0.3, -0.25) is 0 Å². The summed E-state index contributed by atoms with van der Waals surface area (Å²) < 4.78 is 0. The molecule has 0 amide bonds. The van der Waals surface area contributed by atoms with E-state index in [1.54, 1.807) is 11.3 Å². The van der Waals surface area contributed by atoms with Crippen molar-refractivity contribution in [1.82, 2.24) is 4.98 Å². The summed E-state index contributed by atoms with van der Waals surface area (Å²) in [5.41, 5.74) is 0.355. The van der Waals surface area contributed by atoms with Gasteiger partial charge in [0.15, 0.2) is 5.13 Å². The smallest absolute Gasteiger partial charge is 0.182 e. The molecule has 0 radical (unpaired) electrons. The van der Waals surface area contributed by atoms with Crippen LogP contribution < -0.4 is 5.32 Å². The normalized spacial score (nSPS) is 11.6. The SMILES string of the molecule is CC(C)(CS)CCCNc1nccs1. The van der Waals surface area contributed by atoms with Gasteiger partial charge in [-0.25, -0.2) is 4.98 Å². The third kappa shape index (κ3) is 4.33. The van der Waals surface area contributed by atoms with Crippen molar-refractivity contribution in [1.29, 1.82) is 0 Å². The van der Waals surface area contributed by atoms with E-state index < -0.39 is 0 Å². The second-order valence-electron chi connectivity index (χ2n) is 4.19. The van der Waals surface area contributed by atoms with E-state index in [1.807, 2.05) is 11.6 Å². The Morgan fingerprint density at radius 2 is 2.36 bits per heavy atom. The molecule has 0 unspecified atom stereocenters. The van der Waals surface area contributed by atoms with E-state index in [4.69, 9.17) is 0 Å². The van der Waals surface area contributed by atoms with Crippen LogP contribution in [0.15, 0.2) is 11.6 Å². The lowest BCUT2D eigenvalue weighted by atomic mass is 9.90. The molecule has 0 saturated carbocycles. The molecule has 0 aliphatic rings. The molecule has 1 N–H and O–H groups in total. The third-order valence-corrected chi connectivity index (χ3v) is 3.75. The zero-order valence-electron chi connectivity index (χ0n) is 8.79. The Hall–Kier alpha value is -0.220. The van der Waals surface area contributed by atoms with Crippen LogP contribution in [-0.2, 0) is 0 Å². The number of anilines is 1. The van der Waals surface area contributed by atoms with Crippen LogP contribution >= 0.6 is 24.0 Å². The van der Waals surface area contributed by atoms with Gasteiger partial charge in [-0.15, -0.1) is 11.3 Å². The quantitative estimate of drug-likeness (QED) is 0.579. The van der Waals surface area contributed by atoms with E-state index in [2.05, 4.69) is 36.8 Å². The Bertz CT molecular complexity index is 245. The minimum atomic E-state index is 0.355. The molecule has 1 aromatic heterocycles. The molecule has 0 spiro atoms. The molecule has 0 aromatic carbocycles. The zero-order chi connectivity index (χ0) is 10.4. The highest BCUT2D eigenvalue weighted by molar-refractivity contribution is 7.80. The Balaban J connectivity index is 2.11. The number of hydrogen-bond donors (Lipinski definition) is 2. The average Bonchev–Trinajstić information content (AvgIpc) is 2.65. The van der Waals surface area contributed by atoms with Crippen molar-refractivity contribution in [3.05, 3.63) is 11.6 Å². The molecule has 0 aliphatic carbocycles. The van der Waals surface area contributed by atoms with Crippen molar-refractivity contribution in [2.75, 3.05) is 17.6 Å². The van der Waals surface area contributed by atoms with Crippen molar-refractivity contribution < 1.29 is 0 Å². The van der Waals surface area contributed by atoms with Gasteiger partial charge in [-0.1, -0.05) is 13.8 Å². The monoisotopic (exact) mass is 230 g/mol. The van der Waals surface area contributed by atoms with Crippen molar-refractivity contribution in [2.45, 2.75) is 26.7 Å². The molecule has 1 aromatic rings. The molecular formula is C10H18N2S2. The van der Waals surface area contributed by atoms with Crippen LogP contribution in [0.1, 0.15) is 26.7 Å². The van der Waals surface area contributed by atoms with Crippen molar-refractivity contribution in [3.8, 4) is 0 Å². The van der Waals surface area contributed by atoms with Gasteiger partial charge in [0, 0.05) is 18.1 Å². The predicted octanol–water partition coefficient (Wildman–Crippen LogP) is 3.29. The zero-order valence-corrected chi connectivity index (χ0v) is 10.5. The van der Waals surface area contributed by atoms with Crippen LogP contribution in [-0.4, -0.2) is 17.3 Å². The lowest BCUT2D eigenvalue weighted by molar-refractivity contribution is 0.380. The number of thiazole rings is 1. The molecular weight excluding hydrogens is 212 g/mol. The minimum Gasteiger partial charge on any atom is -0.362 e. The van der Waals surface area contributed by atoms with Gasteiger partial charge < -0.3 is 5.32 Å². The maximum atomic E-state index is 4.33. The standard InChI is InChI=1S/C10H18N2S2/c1-10(2,8-13)4-3-5-11-9-12-6-7-14-9/h6-7,13H,3-5,8H2,1-2H3,(H,11,12). The van der Waals surface area contributed by atoms with Gasteiger partial charge in [0.25, 0.3) is 0 Å². The first kappa shape index (κ1) is 11.9. The summed E-state index contributed by atoms with van der Waals surface area (Å²) in [6.45, 7) is 5.51. The number of nitrogens with one attached hydrogen (secondary N) is 1. The lowest BCUT2D eigenvalue weighted by Gasteiger charge is -2.21. The van der Waals surface area contributed by atoms with Crippen molar-refractivity contribution in [2.24, 2.45) is 5.41 Å². The number of hydrogen-bond acceptors (Lipinski definition) is 4. The Morgan fingerprint density at radius 3 is 2.93 bits per heavy atom. The number of nitrogens with zero attached hydrogens (tertiary/aromatic N) is 1. The van der Waals surface area contributed by atoms with Crippen LogP contribution in [0.5, 0.6) is 0 Å². The molecule has 0 atom stereocenters. The van der Waals surface area contributed by atoms with Gasteiger partial charge in [-0.05, 0) is 24.0 Å². The summed E-state index contributed by atoms with van der Waals surface area (Å²) in [6.07, 6.45) is 4.20. The van der Waals surface area contributed by atoms with Gasteiger partial charge in [0.05, 0.1) is 0 Å². The van der Waals surface area contributed by atoms with Crippen molar-refractivity contribution >= 4 is 29.1 Å². The highest BCUT2D eigenvalue weighted by atomic mass is 32.1. The molecule has 0 bridgehead atoms. The van der Waals surface area contributed by atoms with E-state index in [0.29, 0.717) is 5.41 Å². The molecule has 0 saturated heterocycles. The van der Waals surface area contributed by atoms with Crippen molar-refractivity contribution in [3.63, 3.8) is 0 Å². The number of thiol groups is 1. The number of rotatable bonds is 6. The molecule has 2 nitrogen and oxygen atoms in total. The fraction of sp³-hybridized carbons (Fsp3) is 0.700. The summed E-state index contributed by atoms with van der Waals surface area (Å²) in [5, 5.41) is 6.31. The van der Waals surface area contributed by atoms with E-state index in [0.717, 1.165) is 17.4 Å². The highest BCUT2D eigenvalue weighted by Crippen LogP contribution is 2.23. The molecule has 0 aliphatic heterocycles. The summed E-state index contributed by atoms with van der Waals surface area (Å²) in [5.74, 6) is 0.949. The molecule has 1 rings (SSSR count). The minimum absolute atomic E-state index is 0.355. The summed E-state index contributed by atoms with van der Waals surface area (Å²) in [6, 6.07) is 0. The lowest BCUT2D eigenvalue weighted by Crippen LogP contribution is -2.15. The summed E-state index contributed by atoms with van der Waals surface area (Å²) in [4.78, 5) is 4.16. The Labute approximate surface area is 95.6 Å². The molecule has 1 heterocycles. The summed E-state index contributed by atoms with van der Waals surface area (Å²) >= 11 is 5.98. The second kappa shape index (κ2) is 5.61. The predicted molar refractivity (Wildman–Crippen MR) is 67.5 cm³/mol. The first-order valence-corrected chi connectivity index (χ1v) is 6.39. The highest BCUT2D eigenvalue weighted by Gasteiger charge is 2.14. The van der Waals surface area contributed by atoms with E-state index in [-0.39, 0.29) is 0 Å². The fourth-order valence-corrected chi connectivity index (χ4v) is 1.87. The maximum Gasteiger partial charge on any atom is 0.182 e. The van der Waals surface area contributed by atoms with Gasteiger partial charge in [0.1, 0.15) is 0 Å². The van der Waals surface area contributed by atoms with Gasteiger partial charge in [0.2, 0.25) is 0 Å². The largest absolute Gasteiger partial charge is 0.362 e. The average molecular weight is 230 g/mol. The van der Waals surface area contributed by atoms with Crippen LogP contribution in [0.2, 0.25) is 0 Å². The van der Waals surface area contributed by atoms with E-state index in [9.17, 15) is 0 Å². The fourth-order valence-electron chi connectivity index (χ4n) is 1.15. The van der Waals surface area contributed by atoms with Crippen LogP contribution in [0.25, 0.3) is 0 Å². The molecule has 14 heavy (non-hydrogen) atoms. The number of aromatic nitrogens is 1. The van der Waals surface area contributed by atoms with E-state index in [1.165, 1.54) is 12.8 Å². The second-order valence-corrected chi connectivity index (χ2v) is 5.40. The summed E-state index contributed by atoms with van der Waals surface area (Å²) in [7, 11) is 0. The first-order valence-electron chi connectivity index (χ1n) is 4.88. The maximum absolute atomic E-state index is 4.33. The van der Waals surface area contributed by atoms with Gasteiger partial charge >= 0.3 is 0 Å². The molecule has 80 valence electrons. The van der Waals surface area contributed by atoms with Gasteiger partial charge in [-0.2, -0.15) is 12.6 Å².